The van der Waals surface area contributed by atoms with Crippen molar-refractivity contribution >= 4 is 29.5 Å². The molecule has 2 unspecified atom stereocenters. The molecule has 0 bridgehead atoms. The monoisotopic (exact) mass is 313 g/mol. The van der Waals surface area contributed by atoms with Crippen LogP contribution in [0.25, 0.3) is 0 Å². The van der Waals surface area contributed by atoms with Crippen molar-refractivity contribution in [1.82, 2.24) is 0 Å². The van der Waals surface area contributed by atoms with Gasteiger partial charge in [-0.15, -0.1) is 0 Å². The second-order valence-corrected chi connectivity index (χ2v) is 5.58. The summed E-state index contributed by atoms with van der Waals surface area (Å²) in [5, 5.41) is 0.638. The molecule has 22 heavy (non-hydrogen) atoms. The van der Waals surface area contributed by atoms with Crippen LogP contribution in [0.15, 0.2) is 53.5 Å². The standard InChI is InChI=1S/C18H16ClNO2/c1-2-22-18(21)15-11-20-16-9-8-13(19)10-14(16)17(15)12-6-4-3-5-7-12/h3-11,15,17H,2H2,1H3. The maximum absolute atomic E-state index is 12.3. The summed E-state index contributed by atoms with van der Waals surface area (Å²) < 4.78 is 5.22. The van der Waals surface area contributed by atoms with Gasteiger partial charge in [0.1, 0.15) is 5.92 Å². The lowest BCUT2D eigenvalue weighted by Gasteiger charge is -2.28. The maximum Gasteiger partial charge on any atom is 0.315 e. The number of fused-ring (bicyclic) bond motifs is 1. The van der Waals surface area contributed by atoms with E-state index in [2.05, 4.69) is 4.99 Å². The molecule has 0 radical (unpaired) electrons. The number of benzene rings is 2. The van der Waals surface area contributed by atoms with Gasteiger partial charge in [-0.05, 0) is 36.2 Å². The molecule has 1 aliphatic rings. The Labute approximate surface area is 134 Å². The molecule has 1 aliphatic heterocycles. The first kappa shape index (κ1) is 14.8. The van der Waals surface area contributed by atoms with Crippen LogP contribution in [0.3, 0.4) is 0 Å². The van der Waals surface area contributed by atoms with E-state index in [0.29, 0.717) is 11.6 Å². The van der Waals surface area contributed by atoms with E-state index in [4.69, 9.17) is 16.3 Å². The summed E-state index contributed by atoms with van der Waals surface area (Å²) >= 11 is 6.15. The summed E-state index contributed by atoms with van der Waals surface area (Å²) in [6.45, 7) is 2.16. The van der Waals surface area contributed by atoms with Gasteiger partial charge in [0, 0.05) is 17.2 Å². The molecule has 2 atom stereocenters. The lowest BCUT2D eigenvalue weighted by molar-refractivity contribution is -0.145. The molecule has 0 saturated carbocycles. The second kappa shape index (κ2) is 6.32. The van der Waals surface area contributed by atoms with E-state index in [-0.39, 0.29) is 11.9 Å². The molecule has 0 aromatic heterocycles. The molecular weight excluding hydrogens is 298 g/mol. The highest BCUT2D eigenvalue weighted by Gasteiger charge is 2.34. The third-order valence-electron chi connectivity index (χ3n) is 3.78. The Balaban J connectivity index is 2.11. The van der Waals surface area contributed by atoms with Crippen molar-refractivity contribution in [2.75, 3.05) is 6.61 Å². The minimum Gasteiger partial charge on any atom is -0.465 e. The van der Waals surface area contributed by atoms with Crippen molar-refractivity contribution in [1.29, 1.82) is 0 Å². The van der Waals surface area contributed by atoms with E-state index < -0.39 is 5.92 Å². The van der Waals surface area contributed by atoms with Crippen molar-refractivity contribution in [3.05, 3.63) is 64.7 Å². The number of aliphatic imine (C=N–C) groups is 1. The number of hydrogen-bond donors (Lipinski definition) is 0. The van der Waals surface area contributed by atoms with Crippen LogP contribution in [-0.4, -0.2) is 18.8 Å². The molecule has 2 aromatic carbocycles. The topological polar surface area (TPSA) is 38.7 Å². The molecule has 0 fully saturated rings. The summed E-state index contributed by atoms with van der Waals surface area (Å²) in [6.07, 6.45) is 1.69. The number of halogens is 1. The number of hydrogen-bond acceptors (Lipinski definition) is 3. The first-order chi connectivity index (χ1) is 10.7. The Morgan fingerprint density at radius 2 is 2.00 bits per heavy atom. The van der Waals surface area contributed by atoms with Crippen LogP contribution in [0.1, 0.15) is 24.0 Å². The van der Waals surface area contributed by atoms with Gasteiger partial charge in [-0.3, -0.25) is 9.79 Å². The van der Waals surface area contributed by atoms with Gasteiger partial charge in [-0.1, -0.05) is 41.9 Å². The van der Waals surface area contributed by atoms with Crippen molar-refractivity contribution in [3.8, 4) is 0 Å². The van der Waals surface area contributed by atoms with Crippen LogP contribution in [0.2, 0.25) is 5.02 Å². The predicted octanol–water partition coefficient (Wildman–Crippen LogP) is 4.37. The summed E-state index contributed by atoms with van der Waals surface area (Å²) in [5.41, 5.74) is 2.85. The number of rotatable bonds is 3. The minimum absolute atomic E-state index is 0.133. The summed E-state index contributed by atoms with van der Waals surface area (Å²) in [7, 11) is 0. The Morgan fingerprint density at radius 1 is 1.23 bits per heavy atom. The van der Waals surface area contributed by atoms with Gasteiger partial charge in [0.25, 0.3) is 0 Å². The minimum atomic E-state index is -0.437. The van der Waals surface area contributed by atoms with Crippen LogP contribution < -0.4 is 0 Å². The summed E-state index contributed by atoms with van der Waals surface area (Å²) in [5.74, 6) is -0.828. The highest BCUT2D eigenvalue weighted by atomic mass is 35.5. The fourth-order valence-corrected chi connectivity index (χ4v) is 3.00. The van der Waals surface area contributed by atoms with Crippen LogP contribution in [0.5, 0.6) is 0 Å². The van der Waals surface area contributed by atoms with E-state index in [1.54, 1.807) is 13.1 Å². The Kier molecular flexibility index (Phi) is 4.25. The van der Waals surface area contributed by atoms with Crippen molar-refractivity contribution < 1.29 is 9.53 Å². The van der Waals surface area contributed by atoms with Gasteiger partial charge in [0.2, 0.25) is 0 Å². The Hall–Kier alpha value is -2.13. The van der Waals surface area contributed by atoms with Crippen LogP contribution >= 0.6 is 11.6 Å². The maximum atomic E-state index is 12.3. The number of ether oxygens (including phenoxy) is 1. The number of carbonyl (C=O) groups excluding carboxylic acids is 1. The molecule has 3 nitrogen and oxygen atoms in total. The molecule has 1 heterocycles. The molecule has 0 aliphatic carbocycles. The highest BCUT2D eigenvalue weighted by Crippen LogP contribution is 2.41. The molecule has 0 N–H and O–H groups in total. The van der Waals surface area contributed by atoms with Gasteiger partial charge in [0.05, 0.1) is 12.3 Å². The molecule has 0 amide bonds. The first-order valence-electron chi connectivity index (χ1n) is 7.26. The number of esters is 1. The highest BCUT2D eigenvalue weighted by molar-refractivity contribution is 6.30. The van der Waals surface area contributed by atoms with E-state index in [9.17, 15) is 4.79 Å². The first-order valence-corrected chi connectivity index (χ1v) is 7.63. The van der Waals surface area contributed by atoms with E-state index in [0.717, 1.165) is 16.8 Å². The molecule has 4 heteroatoms. The largest absolute Gasteiger partial charge is 0.465 e. The van der Waals surface area contributed by atoms with Gasteiger partial charge in [-0.25, -0.2) is 0 Å². The van der Waals surface area contributed by atoms with E-state index in [1.165, 1.54) is 0 Å². The van der Waals surface area contributed by atoms with Crippen molar-refractivity contribution in [2.45, 2.75) is 12.8 Å². The van der Waals surface area contributed by atoms with Crippen molar-refractivity contribution in [3.63, 3.8) is 0 Å². The second-order valence-electron chi connectivity index (χ2n) is 5.15. The fourth-order valence-electron chi connectivity index (χ4n) is 2.81. The summed E-state index contributed by atoms with van der Waals surface area (Å²) in [4.78, 5) is 16.7. The van der Waals surface area contributed by atoms with E-state index in [1.807, 2.05) is 48.5 Å². The van der Waals surface area contributed by atoms with Crippen LogP contribution in [0, 0.1) is 5.92 Å². The zero-order valence-electron chi connectivity index (χ0n) is 12.2. The molecule has 0 spiro atoms. The van der Waals surface area contributed by atoms with Gasteiger partial charge < -0.3 is 4.74 Å². The van der Waals surface area contributed by atoms with Crippen LogP contribution in [-0.2, 0) is 9.53 Å². The normalized spacial score (nSPS) is 19.5. The molecule has 2 aromatic rings. The smallest absolute Gasteiger partial charge is 0.315 e. The van der Waals surface area contributed by atoms with Gasteiger partial charge in [-0.2, -0.15) is 0 Å². The predicted molar refractivity (Wildman–Crippen MR) is 88.0 cm³/mol. The number of carbonyl (C=O) groups is 1. The van der Waals surface area contributed by atoms with Crippen molar-refractivity contribution in [2.24, 2.45) is 10.9 Å². The third-order valence-corrected chi connectivity index (χ3v) is 4.01. The third kappa shape index (κ3) is 2.77. The quantitative estimate of drug-likeness (QED) is 0.789. The molecule has 3 rings (SSSR count). The SMILES string of the molecule is CCOC(=O)C1C=Nc2ccc(Cl)cc2C1c1ccccc1. The lowest BCUT2D eigenvalue weighted by Crippen LogP contribution is -2.28. The van der Waals surface area contributed by atoms with Gasteiger partial charge in [0.15, 0.2) is 0 Å². The Bertz CT molecular complexity index is 712. The van der Waals surface area contributed by atoms with Crippen LogP contribution in [0.4, 0.5) is 5.69 Å². The van der Waals surface area contributed by atoms with Gasteiger partial charge >= 0.3 is 5.97 Å². The summed E-state index contributed by atoms with van der Waals surface area (Å²) in [6, 6.07) is 15.5. The average molecular weight is 314 g/mol. The molecule has 112 valence electrons. The molecular formula is C18H16ClNO2. The zero-order chi connectivity index (χ0) is 15.5. The van der Waals surface area contributed by atoms with E-state index >= 15 is 0 Å². The number of nitrogens with zero attached hydrogens (tertiary/aromatic N) is 1. The lowest BCUT2D eigenvalue weighted by atomic mass is 9.79. The Morgan fingerprint density at radius 3 is 2.73 bits per heavy atom. The molecule has 0 saturated heterocycles. The zero-order valence-corrected chi connectivity index (χ0v) is 13.0. The fraction of sp³-hybridized carbons (Fsp3) is 0.222. The average Bonchev–Trinajstić information content (AvgIpc) is 2.54.